The highest BCUT2D eigenvalue weighted by atomic mass is 16.6. The number of hydrogen-bond acceptors (Lipinski definition) is 6. The Balaban J connectivity index is 1.62. The summed E-state index contributed by atoms with van der Waals surface area (Å²) in [6.07, 6.45) is 0.252. The summed E-state index contributed by atoms with van der Waals surface area (Å²) in [5, 5.41) is 9.92. The molecule has 2 aliphatic heterocycles. The van der Waals surface area contributed by atoms with Crippen LogP contribution < -0.4 is 14.9 Å². The van der Waals surface area contributed by atoms with E-state index in [0.29, 0.717) is 65.7 Å². The average Bonchev–Trinajstić information content (AvgIpc) is 2.84. The molecule has 2 aromatic carbocycles. The first-order valence-corrected chi connectivity index (χ1v) is 11.6. The first-order chi connectivity index (χ1) is 16.5. The molecule has 1 aromatic heterocycles. The van der Waals surface area contributed by atoms with Crippen molar-refractivity contribution >= 4 is 17.1 Å². The molecule has 178 valence electrons. The van der Waals surface area contributed by atoms with Crippen LogP contribution in [0.4, 0.5) is 4.79 Å². The SMILES string of the molecule is CCCc1cc2c(=O)c(-c3ccc4c(c3)OCCO4)c(C)oc2cc1C1CN(C(=O)O)CCO1. The van der Waals surface area contributed by atoms with Crippen molar-refractivity contribution in [2.45, 2.75) is 32.8 Å². The Morgan fingerprint density at radius 3 is 2.68 bits per heavy atom. The van der Waals surface area contributed by atoms with Crippen molar-refractivity contribution in [2.75, 3.05) is 32.9 Å². The fraction of sp³-hybridized carbons (Fsp3) is 0.385. The summed E-state index contributed by atoms with van der Waals surface area (Å²) in [4.78, 5) is 26.5. The Morgan fingerprint density at radius 2 is 1.91 bits per heavy atom. The fourth-order valence-corrected chi connectivity index (χ4v) is 4.74. The van der Waals surface area contributed by atoms with Gasteiger partial charge in [-0.25, -0.2) is 4.79 Å². The van der Waals surface area contributed by atoms with Gasteiger partial charge in [0.15, 0.2) is 11.5 Å². The van der Waals surface area contributed by atoms with Crippen LogP contribution in [0.25, 0.3) is 22.1 Å². The molecule has 0 aliphatic carbocycles. The summed E-state index contributed by atoms with van der Waals surface area (Å²) >= 11 is 0. The number of amides is 1. The lowest BCUT2D eigenvalue weighted by Gasteiger charge is -2.32. The standard InChI is InChI=1S/C26H27NO7/c1-3-4-16-11-19-21(13-18(16)23-14-27(26(29)30)7-8-31-23)34-15(2)24(25(19)28)17-5-6-20-22(12-17)33-10-9-32-20/h5-6,11-13,23H,3-4,7-10,14H2,1-2H3,(H,29,30). The van der Waals surface area contributed by atoms with Gasteiger partial charge in [0.2, 0.25) is 5.43 Å². The van der Waals surface area contributed by atoms with E-state index in [1.54, 1.807) is 6.92 Å². The van der Waals surface area contributed by atoms with Crippen LogP contribution in [0.15, 0.2) is 39.5 Å². The summed E-state index contributed by atoms with van der Waals surface area (Å²) < 4.78 is 23.4. The van der Waals surface area contributed by atoms with Gasteiger partial charge < -0.3 is 28.6 Å². The number of nitrogens with zero attached hydrogens (tertiary/aromatic N) is 1. The molecule has 0 bridgehead atoms. The van der Waals surface area contributed by atoms with Crippen molar-refractivity contribution in [2.24, 2.45) is 0 Å². The number of aryl methyl sites for hydroxylation is 2. The van der Waals surface area contributed by atoms with E-state index < -0.39 is 12.2 Å². The van der Waals surface area contributed by atoms with Crippen molar-refractivity contribution in [1.29, 1.82) is 0 Å². The molecule has 3 aromatic rings. The number of ether oxygens (including phenoxy) is 3. The highest BCUT2D eigenvalue weighted by molar-refractivity contribution is 5.84. The van der Waals surface area contributed by atoms with Crippen LogP contribution in [0.2, 0.25) is 0 Å². The van der Waals surface area contributed by atoms with Gasteiger partial charge in [-0.05, 0) is 54.3 Å². The van der Waals surface area contributed by atoms with E-state index >= 15 is 0 Å². The topological polar surface area (TPSA) is 98.4 Å². The number of benzene rings is 2. The van der Waals surface area contributed by atoms with Crippen molar-refractivity contribution < 1.29 is 28.5 Å². The monoisotopic (exact) mass is 465 g/mol. The molecule has 1 amide bonds. The predicted molar refractivity (Wildman–Crippen MR) is 126 cm³/mol. The molecule has 8 heteroatoms. The second-order valence-corrected chi connectivity index (χ2v) is 8.61. The van der Waals surface area contributed by atoms with Crippen LogP contribution in [0.1, 0.15) is 36.3 Å². The highest BCUT2D eigenvalue weighted by Crippen LogP contribution is 2.36. The molecule has 5 rings (SSSR count). The zero-order valence-electron chi connectivity index (χ0n) is 19.3. The van der Waals surface area contributed by atoms with Gasteiger partial charge in [-0.2, -0.15) is 0 Å². The molecule has 1 fully saturated rings. The number of fused-ring (bicyclic) bond motifs is 2. The van der Waals surface area contributed by atoms with Gasteiger partial charge in [0.25, 0.3) is 0 Å². The third-order valence-electron chi connectivity index (χ3n) is 6.36. The maximum Gasteiger partial charge on any atom is 0.407 e. The Labute approximate surface area is 196 Å². The summed E-state index contributed by atoms with van der Waals surface area (Å²) in [5.74, 6) is 1.78. The molecule has 1 atom stereocenters. The van der Waals surface area contributed by atoms with Crippen molar-refractivity contribution in [1.82, 2.24) is 4.90 Å². The maximum absolute atomic E-state index is 13.7. The van der Waals surface area contributed by atoms with Gasteiger partial charge in [0.05, 0.1) is 24.1 Å². The third kappa shape index (κ3) is 3.98. The maximum atomic E-state index is 13.7. The lowest BCUT2D eigenvalue weighted by atomic mass is 9.94. The Kier molecular flexibility index (Phi) is 5.91. The number of hydrogen-bond donors (Lipinski definition) is 1. The van der Waals surface area contributed by atoms with Crippen LogP contribution in [0.3, 0.4) is 0 Å². The summed E-state index contributed by atoms with van der Waals surface area (Å²) in [6, 6.07) is 9.20. The lowest BCUT2D eigenvalue weighted by Crippen LogP contribution is -2.41. The number of rotatable bonds is 4. The molecule has 0 radical (unpaired) electrons. The van der Waals surface area contributed by atoms with Crippen molar-refractivity contribution in [3.63, 3.8) is 0 Å². The molecule has 8 nitrogen and oxygen atoms in total. The van der Waals surface area contributed by atoms with Crippen molar-refractivity contribution in [3.05, 3.63) is 57.4 Å². The quantitative estimate of drug-likeness (QED) is 0.604. The summed E-state index contributed by atoms with van der Waals surface area (Å²) in [6.45, 7) is 5.72. The van der Waals surface area contributed by atoms with E-state index in [0.717, 1.165) is 24.0 Å². The molecule has 0 spiro atoms. The van der Waals surface area contributed by atoms with E-state index in [4.69, 9.17) is 18.6 Å². The minimum absolute atomic E-state index is 0.115. The molecule has 1 N–H and O–H groups in total. The molecule has 1 saturated heterocycles. The number of carboxylic acid groups (broad SMARTS) is 1. The van der Waals surface area contributed by atoms with Gasteiger partial charge in [0.1, 0.15) is 30.7 Å². The highest BCUT2D eigenvalue weighted by Gasteiger charge is 2.28. The first-order valence-electron chi connectivity index (χ1n) is 11.6. The molecule has 34 heavy (non-hydrogen) atoms. The Morgan fingerprint density at radius 1 is 1.12 bits per heavy atom. The van der Waals surface area contributed by atoms with Gasteiger partial charge in [0, 0.05) is 6.54 Å². The Bertz CT molecular complexity index is 1310. The van der Waals surface area contributed by atoms with Crippen molar-refractivity contribution in [3.8, 4) is 22.6 Å². The van der Waals surface area contributed by atoms with Gasteiger partial charge >= 0.3 is 6.09 Å². The third-order valence-corrected chi connectivity index (χ3v) is 6.36. The van der Waals surface area contributed by atoms with E-state index in [-0.39, 0.29) is 12.0 Å². The second kappa shape index (κ2) is 9.02. The summed E-state index contributed by atoms with van der Waals surface area (Å²) in [5.41, 5.74) is 3.40. The normalized spacial score (nSPS) is 17.7. The van der Waals surface area contributed by atoms with Crippen LogP contribution in [0.5, 0.6) is 11.5 Å². The minimum atomic E-state index is -0.961. The van der Waals surface area contributed by atoms with E-state index in [1.807, 2.05) is 30.3 Å². The molecule has 0 saturated carbocycles. The van der Waals surface area contributed by atoms with Crippen LogP contribution >= 0.6 is 0 Å². The zero-order chi connectivity index (χ0) is 23.8. The smallest absolute Gasteiger partial charge is 0.407 e. The molecule has 1 unspecified atom stereocenters. The first kappa shape index (κ1) is 22.3. The average molecular weight is 466 g/mol. The van der Waals surface area contributed by atoms with Crippen LogP contribution in [0, 0.1) is 6.92 Å². The van der Waals surface area contributed by atoms with E-state index in [2.05, 4.69) is 6.92 Å². The van der Waals surface area contributed by atoms with Gasteiger partial charge in [-0.1, -0.05) is 19.4 Å². The second-order valence-electron chi connectivity index (χ2n) is 8.61. The summed E-state index contributed by atoms with van der Waals surface area (Å²) in [7, 11) is 0. The van der Waals surface area contributed by atoms with Gasteiger partial charge in [-0.15, -0.1) is 0 Å². The van der Waals surface area contributed by atoms with Crippen LogP contribution in [-0.4, -0.2) is 49.0 Å². The molecule has 2 aliphatic rings. The van der Waals surface area contributed by atoms with Gasteiger partial charge in [-0.3, -0.25) is 4.79 Å². The largest absolute Gasteiger partial charge is 0.486 e. The number of carbonyl (C=O) groups is 1. The van der Waals surface area contributed by atoms with E-state index in [9.17, 15) is 14.7 Å². The van der Waals surface area contributed by atoms with E-state index in [1.165, 1.54) is 4.90 Å². The lowest BCUT2D eigenvalue weighted by molar-refractivity contribution is -0.0235. The molecular formula is C26H27NO7. The zero-order valence-corrected chi connectivity index (χ0v) is 19.3. The van der Waals surface area contributed by atoms with Crippen LogP contribution in [-0.2, 0) is 11.2 Å². The molecule has 3 heterocycles. The molecular weight excluding hydrogens is 438 g/mol. The number of morpholine rings is 1. The predicted octanol–water partition coefficient (Wildman–Crippen LogP) is 4.54. The fourth-order valence-electron chi connectivity index (χ4n) is 4.74. The minimum Gasteiger partial charge on any atom is -0.486 e. The Hall–Kier alpha value is -3.52.